The van der Waals surface area contributed by atoms with E-state index in [1.54, 1.807) is 12.1 Å². The molecule has 1 unspecified atom stereocenters. The van der Waals surface area contributed by atoms with Gasteiger partial charge in [0.2, 0.25) is 0 Å². The summed E-state index contributed by atoms with van der Waals surface area (Å²) in [5.74, 6) is 3.16. The van der Waals surface area contributed by atoms with Gasteiger partial charge in [-0.25, -0.2) is 9.38 Å². The number of nitrogens with one attached hydrogen (secondary N) is 1. The number of benzene rings is 1. The summed E-state index contributed by atoms with van der Waals surface area (Å²) in [5, 5.41) is 11.9. The second-order valence-corrected chi connectivity index (χ2v) is 7.71. The van der Waals surface area contributed by atoms with Gasteiger partial charge in [0.15, 0.2) is 11.8 Å². The predicted molar refractivity (Wildman–Crippen MR) is 103 cm³/mol. The number of aryl methyl sites for hydroxylation is 1. The van der Waals surface area contributed by atoms with Crippen LogP contribution in [0.25, 0.3) is 0 Å². The van der Waals surface area contributed by atoms with Gasteiger partial charge in [-0.05, 0) is 56.2 Å². The van der Waals surface area contributed by atoms with Crippen LogP contribution in [0.5, 0.6) is 0 Å². The molecule has 4 rings (SSSR count). The van der Waals surface area contributed by atoms with Crippen molar-refractivity contribution in [2.24, 2.45) is 18.0 Å². The molecule has 1 saturated heterocycles. The number of likely N-dealkylation sites (tertiary alicyclic amines) is 1. The minimum Gasteiger partial charge on any atom is -0.353 e. The predicted octanol–water partition coefficient (Wildman–Crippen LogP) is 2.44. The molecule has 6 nitrogen and oxygen atoms in total. The van der Waals surface area contributed by atoms with E-state index in [0.29, 0.717) is 18.5 Å². The molecule has 1 aromatic heterocycles. The number of hydrogen-bond donors (Lipinski definition) is 1. The monoisotopic (exact) mass is 370 g/mol. The summed E-state index contributed by atoms with van der Waals surface area (Å²) >= 11 is 0. The van der Waals surface area contributed by atoms with Crippen molar-refractivity contribution in [2.45, 2.75) is 45.2 Å². The van der Waals surface area contributed by atoms with Crippen molar-refractivity contribution in [1.82, 2.24) is 25.0 Å². The van der Waals surface area contributed by atoms with Crippen molar-refractivity contribution in [2.75, 3.05) is 13.1 Å². The number of rotatable bonds is 5. The van der Waals surface area contributed by atoms with Crippen LogP contribution in [0, 0.1) is 18.7 Å². The fourth-order valence-corrected chi connectivity index (χ4v) is 3.53. The Bertz CT molecular complexity index is 808. The lowest BCUT2D eigenvalue weighted by atomic mass is 9.99. The van der Waals surface area contributed by atoms with Crippen LogP contribution in [-0.2, 0) is 20.0 Å². The Balaban J connectivity index is 1.40. The minimum atomic E-state index is -0.172. The van der Waals surface area contributed by atoms with Gasteiger partial charge in [-0.2, -0.15) is 0 Å². The van der Waals surface area contributed by atoms with Gasteiger partial charge in [0.25, 0.3) is 0 Å². The quantitative estimate of drug-likeness (QED) is 0.649. The van der Waals surface area contributed by atoms with Crippen LogP contribution >= 0.6 is 0 Å². The van der Waals surface area contributed by atoms with Crippen molar-refractivity contribution in [1.29, 1.82) is 0 Å². The van der Waals surface area contributed by atoms with E-state index < -0.39 is 0 Å². The van der Waals surface area contributed by atoms with Gasteiger partial charge in [0, 0.05) is 26.2 Å². The first kappa shape index (κ1) is 17.9. The molecule has 0 bridgehead atoms. The molecule has 0 spiro atoms. The highest BCUT2D eigenvalue weighted by molar-refractivity contribution is 5.80. The Morgan fingerprint density at radius 2 is 2.00 bits per heavy atom. The molecule has 1 N–H and O–H groups in total. The Labute approximate surface area is 159 Å². The number of aromatic nitrogens is 3. The molecule has 0 amide bonds. The molecule has 144 valence electrons. The normalized spacial score (nSPS) is 20.3. The van der Waals surface area contributed by atoms with E-state index in [0.717, 1.165) is 43.5 Å². The summed E-state index contributed by atoms with van der Waals surface area (Å²) in [5.41, 5.74) is 1.20. The van der Waals surface area contributed by atoms with Crippen LogP contribution in [-0.4, -0.2) is 44.8 Å². The SMILES string of the molecule is Cc1nnc(CN=C(NC2CC2)N2CCC(Cc3ccc(F)cc3)C2)n1C. The fraction of sp³-hybridized carbons (Fsp3) is 0.550. The summed E-state index contributed by atoms with van der Waals surface area (Å²) in [6.45, 7) is 4.46. The highest BCUT2D eigenvalue weighted by Gasteiger charge is 2.29. The topological polar surface area (TPSA) is 58.3 Å². The van der Waals surface area contributed by atoms with E-state index in [1.807, 2.05) is 30.7 Å². The highest BCUT2D eigenvalue weighted by atomic mass is 19.1. The first-order valence-electron chi connectivity index (χ1n) is 9.73. The third-order valence-electron chi connectivity index (χ3n) is 5.49. The zero-order valence-corrected chi connectivity index (χ0v) is 16.0. The maximum absolute atomic E-state index is 13.1. The molecule has 1 saturated carbocycles. The molecule has 2 aliphatic rings. The van der Waals surface area contributed by atoms with Crippen molar-refractivity contribution >= 4 is 5.96 Å². The van der Waals surface area contributed by atoms with E-state index in [-0.39, 0.29) is 5.82 Å². The van der Waals surface area contributed by atoms with Gasteiger partial charge in [0.05, 0.1) is 0 Å². The van der Waals surface area contributed by atoms with Crippen molar-refractivity contribution in [3.63, 3.8) is 0 Å². The number of halogens is 1. The maximum Gasteiger partial charge on any atom is 0.194 e. The van der Waals surface area contributed by atoms with Crippen LogP contribution in [0.3, 0.4) is 0 Å². The molecule has 1 aliphatic heterocycles. The van der Waals surface area contributed by atoms with Crippen molar-refractivity contribution in [3.05, 3.63) is 47.3 Å². The van der Waals surface area contributed by atoms with Gasteiger partial charge in [-0.1, -0.05) is 12.1 Å². The van der Waals surface area contributed by atoms with Gasteiger partial charge in [-0.15, -0.1) is 10.2 Å². The van der Waals surface area contributed by atoms with E-state index in [4.69, 9.17) is 4.99 Å². The average molecular weight is 370 g/mol. The molecule has 1 aliphatic carbocycles. The molecule has 2 fully saturated rings. The first-order chi connectivity index (χ1) is 13.1. The molecule has 0 radical (unpaired) electrons. The highest BCUT2D eigenvalue weighted by Crippen LogP contribution is 2.24. The van der Waals surface area contributed by atoms with E-state index in [2.05, 4.69) is 20.4 Å². The summed E-state index contributed by atoms with van der Waals surface area (Å²) in [7, 11) is 1.97. The Morgan fingerprint density at radius 1 is 1.22 bits per heavy atom. The Kier molecular flexibility index (Phi) is 5.09. The largest absolute Gasteiger partial charge is 0.353 e. The molecular formula is C20H27FN6. The van der Waals surface area contributed by atoms with Crippen LogP contribution < -0.4 is 5.32 Å². The maximum atomic E-state index is 13.1. The first-order valence-corrected chi connectivity index (χ1v) is 9.73. The van der Waals surface area contributed by atoms with Crippen LogP contribution in [0.15, 0.2) is 29.3 Å². The summed E-state index contributed by atoms with van der Waals surface area (Å²) < 4.78 is 15.1. The smallest absolute Gasteiger partial charge is 0.194 e. The van der Waals surface area contributed by atoms with Crippen molar-refractivity contribution < 1.29 is 4.39 Å². The van der Waals surface area contributed by atoms with Gasteiger partial charge in [0.1, 0.15) is 18.2 Å². The lowest BCUT2D eigenvalue weighted by Gasteiger charge is -2.22. The molecule has 2 heterocycles. The summed E-state index contributed by atoms with van der Waals surface area (Å²) in [4.78, 5) is 7.20. The van der Waals surface area contributed by atoms with E-state index in [1.165, 1.54) is 18.4 Å². The molecule has 1 aromatic carbocycles. The number of hydrogen-bond acceptors (Lipinski definition) is 3. The van der Waals surface area contributed by atoms with Crippen molar-refractivity contribution in [3.8, 4) is 0 Å². The Hall–Kier alpha value is -2.44. The average Bonchev–Trinajstić information content (AvgIpc) is 3.28. The third kappa shape index (κ3) is 4.46. The molecule has 7 heteroatoms. The van der Waals surface area contributed by atoms with Crippen LogP contribution in [0.1, 0.15) is 36.5 Å². The number of aliphatic imine (C=N–C) groups is 1. The van der Waals surface area contributed by atoms with Gasteiger partial charge >= 0.3 is 0 Å². The van der Waals surface area contributed by atoms with Gasteiger partial charge in [-0.3, -0.25) is 0 Å². The van der Waals surface area contributed by atoms with E-state index in [9.17, 15) is 4.39 Å². The number of guanidine groups is 1. The lowest BCUT2D eigenvalue weighted by Crippen LogP contribution is -2.41. The zero-order valence-electron chi connectivity index (χ0n) is 16.0. The Morgan fingerprint density at radius 3 is 2.67 bits per heavy atom. The second kappa shape index (κ2) is 7.66. The zero-order chi connectivity index (χ0) is 18.8. The van der Waals surface area contributed by atoms with Gasteiger partial charge < -0.3 is 14.8 Å². The molecule has 2 aromatic rings. The molecule has 27 heavy (non-hydrogen) atoms. The fourth-order valence-electron chi connectivity index (χ4n) is 3.53. The molecule has 1 atom stereocenters. The summed E-state index contributed by atoms with van der Waals surface area (Å²) in [6.07, 6.45) is 4.55. The lowest BCUT2D eigenvalue weighted by molar-refractivity contribution is 0.457. The standard InChI is InChI=1S/C20H27FN6/c1-14-24-25-19(26(14)2)12-22-20(23-18-7-8-18)27-10-9-16(13-27)11-15-3-5-17(21)6-4-15/h3-6,16,18H,7-13H2,1-2H3,(H,22,23). The van der Waals surface area contributed by atoms with Crippen LogP contribution in [0.4, 0.5) is 4.39 Å². The van der Waals surface area contributed by atoms with E-state index >= 15 is 0 Å². The third-order valence-corrected chi connectivity index (χ3v) is 5.49. The summed E-state index contributed by atoms with van der Waals surface area (Å²) in [6, 6.07) is 7.44. The van der Waals surface area contributed by atoms with Crippen LogP contribution in [0.2, 0.25) is 0 Å². The minimum absolute atomic E-state index is 0.172. The molecular weight excluding hydrogens is 343 g/mol. The second-order valence-electron chi connectivity index (χ2n) is 7.71. The number of nitrogens with zero attached hydrogens (tertiary/aromatic N) is 5.